The summed E-state index contributed by atoms with van der Waals surface area (Å²) < 4.78 is 0. The summed E-state index contributed by atoms with van der Waals surface area (Å²) in [5.74, 6) is 0. The maximum atomic E-state index is 4.67. The molecule has 0 aliphatic carbocycles. The minimum absolute atomic E-state index is 0.404. The average Bonchev–Trinajstić information content (AvgIpc) is 2.94. The smallest absolute Gasteiger partial charge is 0.133 e. The molecule has 2 nitrogen and oxygen atoms in total. The van der Waals surface area contributed by atoms with Crippen molar-refractivity contribution in [3.8, 4) is 9.88 Å². The molecule has 1 atom stereocenters. The summed E-state index contributed by atoms with van der Waals surface area (Å²) in [4.78, 5) is 7.30. The second kappa shape index (κ2) is 5.76. The molecule has 17 heavy (non-hydrogen) atoms. The Kier molecular flexibility index (Phi) is 4.31. The lowest BCUT2D eigenvalue weighted by molar-refractivity contribution is 0.575. The van der Waals surface area contributed by atoms with Gasteiger partial charge in [-0.25, -0.2) is 4.98 Å². The number of rotatable bonds is 5. The van der Waals surface area contributed by atoms with Gasteiger partial charge in [-0.3, -0.25) is 0 Å². The molecule has 2 rings (SSSR count). The van der Waals surface area contributed by atoms with Crippen LogP contribution in [0, 0.1) is 6.92 Å². The first kappa shape index (κ1) is 12.7. The van der Waals surface area contributed by atoms with E-state index < -0.39 is 0 Å². The van der Waals surface area contributed by atoms with Crippen molar-refractivity contribution < 1.29 is 0 Å². The van der Waals surface area contributed by atoms with Crippen molar-refractivity contribution >= 4 is 22.7 Å². The molecule has 1 unspecified atom stereocenters. The molecule has 0 aromatic carbocycles. The number of aryl methyl sites for hydroxylation is 1. The molecule has 0 saturated heterocycles. The summed E-state index contributed by atoms with van der Waals surface area (Å²) in [6.45, 7) is 7.57. The number of hydrogen-bond acceptors (Lipinski definition) is 4. The van der Waals surface area contributed by atoms with Gasteiger partial charge in [-0.15, -0.1) is 22.7 Å². The molecule has 92 valence electrons. The number of aromatic nitrogens is 1. The molecule has 0 spiro atoms. The number of thiazole rings is 1. The maximum Gasteiger partial charge on any atom is 0.133 e. The minimum Gasteiger partial charge on any atom is -0.309 e. The Morgan fingerprint density at radius 1 is 1.47 bits per heavy atom. The van der Waals surface area contributed by atoms with Crippen LogP contribution < -0.4 is 5.32 Å². The van der Waals surface area contributed by atoms with Crippen LogP contribution in [0.15, 0.2) is 17.5 Å². The highest BCUT2D eigenvalue weighted by molar-refractivity contribution is 7.21. The van der Waals surface area contributed by atoms with E-state index in [-0.39, 0.29) is 0 Å². The zero-order valence-corrected chi connectivity index (χ0v) is 12.1. The lowest BCUT2D eigenvalue weighted by atomic mass is 10.2. The van der Waals surface area contributed by atoms with Gasteiger partial charge >= 0.3 is 0 Å². The van der Waals surface area contributed by atoms with E-state index in [9.17, 15) is 0 Å². The predicted octanol–water partition coefficient (Wildman–Crippen LogP) is 4.24. The number of thiophene rings is 1. The number of nitrogens with one attached hydrogen (secondary N) is 1. The van der Waals surface area contributed by atoms with Gasteiger partial charge in [0.15, 0.2) is 0 Å². The molecular formula is C13H18N2S2. The first-order valence-electron chi connectivity index (χ1n) is 5.97. The Balaban J connectivity index is 2.19. The van der Waals surface area contributed by atoms with Gasteiger partial charge in [0, 0.05) is 10.9 Å². The van der Waals surface area contributed by atoms with Gasteiger partial charge in [0.25, 0.3) is 0 Å². The van der Waals surface area contributed by atoms with Crippen LogP contribution >= 0.6 is 22.7 Å². The molecule has 0 amide bonds. The number of hydrogen-bond donors (Lipinski definition) is 1. The highest BCUT2D eigenvalue weighted by atomic mass is 32.1. The largest absolute Gasteiger partial charge is 0.309 e. The third-order valence-electron chi connectivity index (χ3n) is 2.66. The Hall–Kier alpha value is -0.710. The highest BCUT2D eigenvalue weighted by Crippen LogP contribution is 2.33. The molecule has 2 heterocycles. The van der Waals surface area contributed by atoms with E-state index in [1.54, 1.807) is 11.3 Å². The molecule has 0 saturated carbocycles. The zero-order chi connectivity index (χ0) is 12.3. The van der Waals surface area contributed by atoms with Crippen molar-refractivity contribution in [1.82, 2.24) is 10.3 Å². The topological polar surface area (TPSA) is 24.9 Å². The molecule has 1 N–H and O–H groups in total. The summed E-state index contributed by atoms with van der Waals surface area (Å²) in [6, 6.07) is 4.62. The third-order valence-corrected chi connectivity index (χ3v) is 5.04. The summed E-state index contributed by atoms with van der Waals surface area (Å²) in [5, 5.41) is 6.77. The van der Waals surface area contributed by atoms with E-state index in [1.807, 2.05) is 11.3 Å². The van der Waals surface area contributed by atoms with Gasteiger partial charge in [-0.1, -0.05) is 13.0 Å². The van der Waals surface area contributed by atoms with Crippen LogP contribution in [-0.4, -0.2) is 11.5 Å². The van der Waals surface area contributed by atoms with Crippen LogP contribution in [0.4, 0.5) is 0 Å². The van der Waals surface area contributed by atoms with Gasteiger partial charge in [-0.2, -0.15) is 0 Å². The number of nitrogens with zero attached hydrogens (tertiary/aromatic N) is 1. The van der Waals surface area contributed by atoms with Gasteiger partial charge in [0.05, 0.1) is 10.6 Å². The Morgan fingerprint density at radius 3 is 2.94 bits per heavy atom. The first-order chi connectivity index (χ1) is 8.22. The second-order valence-electron chi connectivity index (χ2n) is 4.12. The van der Waals surface area contributed by atoms with E-state index in [4.69, 9.17) is 0 Å². The SMILES string of the molecule is CCCNC(C)c1sc(-c2cccs2)nc1C. The van der Waals surface area contributed by atoms with Crippen LogP contribution in [0.25, 0.3) is 9.88 Å². The fourth-order valence-corrected chi connectivity index (χ4v) is 3.66. The van der Waals surface area contributed by atoms with Crippen molar-refractivity contribution in [2.75, 3.05) is 6.54 Å². The highest BCUT2D eigenvalue weighted by Gasteiger charge is 2.14. The fraction of sp³-hybridized carbons (Fsp3) is 0.462. The molecule has 4 heteroatoms. The van der Waals surface area contributed by atoms with E-state index in [2.05, 4.69) is 48.6 Å². The van der Waals surface area contributed by atoms with Gasteiger partial charge in [0.1, 0.15) is 5.01 Å². The molecule has 2 aromatic heterocycles. The molecular weight excluding hydrogens is 248 g/mol. The Bertz CT molecular complexity index is 460. The molecule has 0 fully saturated rings. The van der Waals surface area contributed by atoms with E-state index in [0.717, 1.165) is 17.2 Å². The quantitative estimate of drug-likeness (QED) is 0.875. The standard InChI is InChI=1S/C13H18N2S2/c1-4-7-14-9(2)12-10(3)15-13(17-12)11-6-5-8-16-11/h5-6,8-9,14H,4,7H2,1-3H3. The maximum absolute atomic E-state index is 4.67. The molecule has 0 radical (unpaired) electrons. The van der Waals surface area contributed by atoms with E-state index in [0.29, 0.717) is 6.04 Å². The van der Waals surface area contributed by atoms with Crippen LogP contribution in [0.2, 0.25) is 0 Å². The van der Waals surface area contributed by atoms with Gasteiger partial charge < -0.3 is 5.32 Å². The van der Waals surface area contributed by atoms with Crippen LogP contribution in [0.5, 0.6) is 0 Å². The van der Waals surface area contributed by atoms with Gasteiger partial charge in [0.2, 0.25) is 0 Å². The van der Waals surface area contributed by atoms with Crippen LogP contribution in [0.1, 0.15) is 36.9 Å². The second-order valence-corrected chi connectivity index (χ2v) is 6.10. The van der Waals surface area contributed by atoms with E-state index >= 15 is 0 Å². The lowest BCUT2D eigenvalue weighted by Gasteiger charge is -2.11. The Labute approximate surface area is 111 Å². The summed E-state index contributed by atoms with van der Waals surface area (Å²) >= 11 is 3.57. The summed E-state index contributed by atoms with van der Waals surface area (Å²) in [6.07, 6.45) is 1.17. The Morgan fingerprint density at radius 2 is 2.29 bits per heavy atom. The monoisotopic (exact) mass is 266 g/mol. The van der Waals surface area contributed by atoms with Crippen molar-refractivity contribution in [3.63, 3.8) is 0 Å². The van der Waals surface area contributed by atoms with Gasteiger partial charge in [-0.05, 0) is 38.3 Å². The predicted molar refractivity (Wildman–Crippen MR) is 76.9 cm³/mol. The molecule has 0 bridgehead atoms. The fourth-order valence-electron chi connectivity index (χ4n) is 1.77. The zero-order valence-electron chi connectivity index (χ0n) is 10.5. The minimum atomic E-state index is 0.404. The van der Waals surface area contributed by atoms with Crippen LogP contribution in [-0.2, 0) is 0 Å². The molecule has 2 aromatic rings. The van der Waals surface area contributed by atoms with Crippen LogP contribution in [0.3, 0.4) is 0 Å². The van der Waals surface area contributed by atoms with Crippen molar-refractivity contribution in [2.24, 2.45) is 0 Å². The van der Waals surface area contributed by atoms with Crippen molar-refractivity contribution in [2.45, 2.75) is 33.2 Å². The average molecular weight is 266 g/mol. The molecule has 0 aliphatic heterocycles. The summed E-state index contributed by atoms with van der Waals surface area (Å²) in [7, 11) is 0. The normalized spacial score (nSPS) is 12.9. The van der Waals surface area contributed by atoms with Crippen molar-refractivity contribution in [3.05, 3.63) is 28.1 Å². The van der Waals surface area contributed by atoms with Crippen molar-refractivity contribution in [1.29, 1.82) is 0 Å². The van der Waals surface area contributed by atoms with E-state index in [1.165, 1.54) is 16.2 Å². The molecule has 0 aliphatic rings. The lowest BCUT2D eigenvalue weighted by Crippen LogP contribution is -2.18. The third kappa shape index (κ3) is 2.94. The summed E-state index contributed by atoms with van der Waals surface area (Å²) in [5.41, 5.74) is 1.16. The first-order valence-corrected chi connectivity index (χ1v) is 7.66.